The first kappa shape index (κ1) is 15.6. The summed E-state index contributed by atoms with van der Waals surface area (Å²) in [4.78, 5) is 0. The quantitative estimate of drug-likeness (QED) is 0.650. The van der Waals surface area contributed by atoms with E-state index in [1.807, 2.05) is 28.9 Å². The van der Waals surface area contributed by atoms with Crippen molar-refractivity contribution in [2.45, 2.75) is 24.4 Å². The third kappa shape index (κ3) is 4.10. The number of thioether (sulfide) groups is 1. The van der Waals surface area contributed by atoms with Crippen LogP contribution < -0.4 is 4.74 Å². The predicted molar refractivity (Wildman–Crippen MR) is 90.7 cm³/mol. The molecule has 3 aromatic rings. The second-order valence-electron chi connectivity index (χ2n) is 5.24. The highest BCUT2D eigenvalue weighted by atomic mass is 32.2. The molecular weight excluding hydrogens is 308 g/mol. The maximum absolute atomic E-state index is 5.17. The van der Waals surface area contributed by atoms with Gasteiger partial charge in [0.25, 0.3) is 0 Å². The molecule has 3 rings (SSSR count). The van der Waals surface area contributed by atoms with Crippen molar-refractivity contribution in [3.05, 3.63) is 65.2 Å². The van der Waals surface area contributed by atoms with Crippen molar-refractivity contribution in [2.75, 3.05) is 7.11 Å². The van der Waals surface area contributed by atoms with Crippen LogP contribution in [0.5, 0.6) is 5.75 Å². The van der Waals surface area contributed by atoms with Gasteiger partial charge in [-0.05, 0) is 40.6 Å². The Morgan fingerprint density at radius 3 is 2.39 bits per heavy atom. The molecule has 0 aliphatic heterocycles. The minimum Gasteiger partial charge on any atom is -0.497 e. The number of nitrogens with zero attached hydrogens (tertiary/aromatic N) is 4. The molecule has 0 fully saturated rings. The standard InChI is InChI=1S/C17H18N4OS/c1-13-3-5-15(6-4-13)12-23-17-18-19-20-21(17)11-14-7-9-16(22-2)10-8-14/h3-10H,11-12H2,1-2H3. The van der Waals surface area contributed by atoms with Gasteiger partial charge in [0.2, 0.25) is 5.16 Å². The maximum atomic E-state index is 5.17. The monoisotopic (exact) mass is 326 g/mol. The van der Waals surface area contributed by atoms with Crippen molar-refractivity contribution in [1.82, 2.24) is 20.2 Å². The van der Waals surface area contributed by atoms with Crippen LogP contribution in [0.15, 0.2) is 53.7 Å². The van der Waals surface area contributed by atoms with E-state index < -0.39 is 0 Å². The molecule has 23 heavy (non-hydrogen) atoms. The second-order valence-corrected chi connectivity index (χ2v) is 6.18. The van der Waals surface area contributed by atoms with Crippen LogP contribution in [0.2, 0.25) is 0 Å². The number of tetrazole rings is 1. The molecule has 0 atom stereocenters. The summed E-state index contributed by atoms with van der Waals surface area (Å²) in [6.07, 6.45) is 0. The number of benzene rings is 2. The molecule has 0 bridgehead atoms. The van der Waals surface area contributed by atoms with Gasteiger partial charge < -0.3 is 4.74 Å². The Kier molecular flexibility index (Phi) is 4.92. The second kappa shape index (κ2) is 7.28. The van der Waals surface area contributed by atoms with Crippen molar-refractivity contribution in [1.29, 1.82) is 0 Å². The van der Waals surface area contributed by atoms with E-state index in [0.29, 0.717) is 6.54 Å². The average Bonchev–Trinajstić information content (AvgIpc) is 3.02. The Morgan fingerprint density at radius 1 is 1.00 bits per heavy atom. The number of aromatic nitrogens is 4. The summed E-state index contributed by atoms with van der Waals surface area (Å²) in [7, 11) is 1.66. The lowest BCUT2D eigenvalue weighted by atomic mass is 10.2. The molecular formula is C17H18N4OS. The van der Waals surface area contributed by atoms with Crippen molar-refractivity contribution < 1.29 is 4.74 Å². The molecule has 0 aliphatic carbocycles. The summed E-state index contributed by atoms with van der Waals surface area (Å²) in [5, 5.41) is 12.8. The van der Waals surface area contributed by atoms with E-state index in [0.717, 1.165) is 22.2 Å². The molecule has 0 aliphatic rings. The van der Waals surface area contributed by atoms with Crippen LogP contribution in [0, 0.1) is 6.92 Å². The normalized spacial score (nSPS) is 10.7. The minimum atomic E-state index is 0.646. The van der Waals surface area contributed by atoms with Gasteiger partial charge in [-0.15, -0.1) is 5.10 Å². The molecule has 0 saturated heterocycles. The van der Waals surface area contributed by atoms with Crippen LogP contribution in [0.1, 0.15) is 16.7 Å². The van der Waals surface area contributed by atoms with Gasteiger partial charge in [-0.3, -0.25) is 0 Å². The Labute approximate surface area is 139 Å². The van der Waals surface area contributed by atoms with Gasteiger partial charge in [0.05, 0.1) is 13.7 Å². The Morgan fingerprint density at radius 2 is 1.70 bits per heavy atom. The molecule has 1 aromatic heterocycles. The molecule has 0 spiro atoms. The van der Waals surface area contributed by atoms with Crippen LogP contribution in [0.25, 0.3) is 0 Å². The summed E-state index contributed by atoms with van der Waals surface area (Å²) < 4.78 is 6.99. The third-order valence-corrected chi connectivity index (χ3v) is 4.51. The highest BCUT2D eigenvalue weighted by Gasteiger charge is 2.08. The first-order valence-corrected chi connectivity index (χ1v) is 8.30. The number of rotatable bonds is 6. The fraction of sp³-hybridized carbons (Fsp3) is 0.235. The van der Waals surface area contributed by atoms with Gasteiger partial charge in [-0.1, -0.05) is 53.7 Å². The summed E-state index contributed by atoms with van der Waals surface area (Å²) in [6, 6.07) is 16.5. The van der Waals surface area contributed by atoms with E-state index in [2.05, 4.69) is 46.7 Å². The molecule has 0 radical (unpaired) electrons. The zero-order valence-electron chi connectivity index (χ0n) is 13.1. The molecule has 118 valence electrons. The van der Waals surface area contributed by atoms with Crippen molar-refractivity contribution >= 4 is 11.8 Å². The lowest BCUT2D eigenvalue weighted by Crippen LogP contribution is -2.04. The topological polar surface area (TPSA) is 52.8 Å². The highest BCUT2D eigenvalue weighted by molar-refractivity contribution is 7.98. The lowest BCUT2D eigenvalue weighted by molar-refractivity contribution is 0.414. The van der Waals surface area contributed by atoms with E-state index in [1.54, 1.807) is 18.9 Å². The number of methoxy groups -OCH3 is 1. The molecule has 5 nitrogen and oxygen atoms in total. The SMILES string of the molecule is COc1ccc(Cn2nnnc2SCc2ccc(C)cc2)cc1. The van der Waals surface area contributed by atoms with E-state index in [9.17, 15) is 0 Å². The molecule has 1 heterocycles. The summed E-state index contributed by atoms with van der Waals surface area (Å²) >= 11 is 1.64. The Hall–Kier alpha value is -2.34. The molecule has 6 heteroatoms. The van der Waals surface area contributed by atoms with E-state index in [1.165, 1.54) is 11.1 Å². The fourth-order valence-electron chi connectivity index (χ4n) is 2.14. The van der Waals surface area contributed by atoms with Gasteiger partial charge in [-0.25, -0.2) is 4.68 Å². The van der Waals surface area contributed by atoms with Crippen LogP contribution in [0.4, 0.5) is 0 Å². The summed E-state index contributed by atoms with van der Waals surface area (Å²) in [6.45, 7) is 2.74. The van der Waals surface area contributed by atoms with E-state index >= 15 is 0 Å². The molecule has 0 N–H and O–H groups in total. The predicted octanol–water partition coefficient (Wildman–Crippen LogP) is 3.33. The molecule has 0 saturated carbocycles. The van der Waals surface area contributed by atoms with Gasteiger partial charge in [0.1, 0.15) is 5.75 Å². The molecule has 0 amide bonds. The molecule has 0 unspecified atom stereocenters. The van der Waals surface area contributed by atoms with Crippen LogP contribution in [-0.4, -0.2) is 27.3 Å². The first-order valence-electron chi connectivity index (χ1n) is 7.32. The Bertz CT molecular complexity index is 753. The average molecular weight is 326 g/mol. The van der Waals surface area contributed by atoms with Crippen LogP contribution in [0.3, 0.4) is 0 Å². The zero-order valence-corrected chi connectivity index (χ0v) is 14.0. The largest absolute Gasteiger partial charge is 0.497 e. The summed E-state index contributed by atoms with van der Waals surface area (Å²) in [5.74, 6) is 1.70. The van der Waals surface area contributed by atoms with E-state index in [-0.39, 0.29) is 0 Å². The summed E-state index contributed by atoms with van der Waals surface area (Å²) in [5.41, 5.74) is 3.66. The van der Waals surface area contributed by atoms with Gasteiger partial charge in [0.15, 0.2) is 0 Å². The van der Waals surface area contributed by atoms with Gasteiger partial charge in [0, 0.05) is 5.75 Å². The lowest BCUT2D eigenvalue weighted by Gasteiger charge is -2.06. The zero-order chi connectivity index (χ0) is 16.1. The number of aryl methyl sites for hydroxylation is 1. The van der Waals surface area contributed by atoms with Crippen LogP contribution >= 0.6 is 11.8 Å². The molecule has 2 aromatic carbocycles. The smallest absolute Gasteiger partial charge is 0.209 e. The van der Waals surface area contributed by atoms with Gasteiger partial charge in [-0.2, -0.15) is 0 Å². The van der Waals surface area contributed by atoms with E-state index in [4.69, 9.17) is 4.74 Å². The van der Waals surface area contributed by atoms with Crippen molar-refractivity contribution in [3.8, 4) is 5.75 Å². The number of ether oxygens (including phenoxy) is 1. The van der Waals surface area contributed by atoms with Crippen molar-refractivity contribution in [3.63, 3.8) is 0 Å². The Balaban J connectivity index is 1.65. The van der Waals surface area contributed by atoms with Crippen molar-refractivity contribution in [2.24, 2.45) is 0 Å². The maximum Gasteiger partial charge on any atom is 0.209 e. The minimum absolute atomic E-state index is 0.646. The third-order valence-electron chi connectivity index (χ3n) is 3.48. The fourth-order valence-corrected chi connectivity index (χ4v) is 2.97. The van der Waals surface area contributed by atoms with Crippen LogP contribution in [-0.2, 0) is 12.3 Å². The number of hydrogen-bond acceptors (Lipinski definition) is 5. The number of hydrogen-bond donors (Lipinski definition) is 0. The highest BCUT2D eigenvalue weighted by Crippen LogP contribution is 2.21. The first-order chi connectivity index (χ1) is 11.2. The van der Waals surface area contributed by atoms with Gasteiger partial charge >= 0.3 is 0 Å².